The Labute approximate surface area is 182 Å². The molecule has 0 saturated carbocycles. The Morgan fingerprint density at radius 3 is 1.19 bits per heavy atom. The summed E-state index contributed by atoms with van der Waals surface area (Å²) in [5.74, 6) is 0. The van der Waals surface area contributed by atoms with Crippen LogP contribution in [0.15, 0.2) is 24.3 Å². The molecule has 1 heteroatoms. The van der Waals surface area contributed by atoms with Crippen molar-refractivity contribution >= 4 is 0 Å². The van der Waals surface area contributed by atoms with E-state index in [4.69, 9.17) is 0 Å². The molecule has 2 aromatic carbocycles. The van der Waals surface area contributed by atoms with Crippen molar-refractivity contribution in [1.29, 1.82) is 0 Å². The zero-order valence-electron chi connectivity index (χ0n) is 19.8. The maximum Gasteiger partial charge on any atom is 2.00 e. The van der Waals surface area contributed by atoms with E-state index in [2.05, 4.69) is 93.5 Å². The molecule has 0 nitrogen and oxygen atoms in total. The molecule has 0 spiro atoms. The molecule has 0 bridgehead atoms. The van der Waals surface area contributed by atoms with Crippen LogP contribution in [-0.2, 0) is 30.3 Å². The molecule has 0 heterocycles. The Kier molecular flexibility index (Phi) is 10.5. The SMILES string of the molecule is CCCC(C)(C)c1cc[c-](C)c1C.CCCC(C)(C)c1cc[c-](C)c1C.[Zn+2]. The molecule has 0 atom stereocenters. The Morgan fingerprint density at radius 1 is 0.704 bits per heavy atom. The van der Waals surface area contributed by atoms with Crippen LogP contribution in [0.1, 0.15) is 101 Å². The molecule has 0 aliphatic rings. The van der Waals surface area contributed by atoms with Crippen molar-refractivity contribution in [2.45, 2.75) is 106 Å². The van der Waals surface area contributed by atoms with Gasteiger partial charge in [0, 0.05) is 0 Å². The molecule has 27 heavy (non-hydrogen) atoms. The normalized spacial score (nSPS) is 11.6. The van der Waals surface area contributed by atoms with Crippen LogP contribution in [0.2, 0.25) is 0 Å². The minimum atomic E-state index is 0. The summed E-state index contributed by atoms with van der Waals surface area (Å²) in [6, 6.07) is 9.06. The smallest absolute Gasteiger partial charge is 0.210 e. The summed E-state index contributed by atoms with van der Waals surface area (Å²) in [5, 5.41) is 0. The van der Waals surface area contributed by atoms with Crippen LogP contribution in [0.5, 0.6) is 0 Å². The molecule has 0 aliphatic carbocycles. The van der Waals surface area contributed by atoms with E-state index in [-0.39, 0.29) is 19.5 Å². The third-order valence-electron chi connectivity index (χ3n) is 6.20. The molecule has 0 saturated heterocycles. The van der Waals surface area contributed by atoms with Crippen LogP contribution in [0.3, 0.4) is 0 Å². The van der Waals surface area contributed by atoms with Crippen molar-refractivity contribution < 1.29 is 19.5 Å². The summed E-state index contributed by atoms with van der Waals surface area (Å²) >= 11 is 0. The second kappa shape index (κ2) is 10.8. The first-order valence-electron chi connectivity index (χ1n) is 10.4. The molecule has 0 fully saturated rings. The van der Waals surface area contributed by atoms with Gasteiger partial charge in [-0.25, -0.2) is 12.1 Å². The maximum absolute atomic E-state index is 2.35. The van der Waals surface area contributed by atoms with Crippen LogP contribution in [0, 0.1) is 27.7 Å². The van der Waals surface area contributed by atoms with Gasteiger partial charge in [-0.1, -0.05) is 106 Å². The van der Waals surface area contributed by atoms with Gasteiger partial charge in [0.05, 0.1) is 0 Å². The summed E-state index contributed by atoms with van der Waals surface area (Å²) in [6.07, 6.45) is 5.07. The number of hydrogen-bond donors (Lipinski definition) is 0. The van der Waals surface area contributed by atoms with E-state index in [1.165, 1.54) is 59.1 Å². The van der Waals surface area contributed by atoms with Crippen molar-refractivity contribution in [3.8, 4) is 0 Å². The van der Waals surface area contributed by atoms with Crippen molar-refractivity contribution in [3.05, 3.63) is 57.6 Å². The van der Waals surface area contributed by atoms with Crippen LogP contribution >= 0.6 is 0 Å². The van der Waals surface area contributed by atoms with Gasteiger partial charge in [-0.15, -0.1) is 0 Å². The fourth-order valence-electron chi connectivity index (χ4n) is 4.33. The largest absolute Gasteiger partial charge is 2.00 e. The van der Waals surface area contributed by atoms with E-state index in [0.29, 0.717) is 10.8 Å². The fraction of sp³-hybridized carbons (Fsp3) is 0.615. The molecule has 148 valence electrons. The quantitative estimate of drug-likeness (QED) is 0.327. The molecular formula is C26H42Zn. The summed E-state index contributed by atoms with van der Waals surface area (Å²) in [4.78, 5) is 0. The number of aryl methyl sites for hydroxylation is 2. The van der Waals surface area contributed by atoms with Gasteiger partial charge in [0.2, 0.25) is 0 Å². The van der Waals surface area contributed by atoms with E-state index >= 15 is 0 Å². The molecular weight excluding hydrogens is 378 g/mol. The standard InChI is InChI=1S/2C13H21.Zn/c2*1-6-9-13(4,5)12-8-7-10(2)11(12)3;/h2*7-8H,6,9H2,1-5H3;/q2*-1;+2. The molecule has 0 N–H and O–H groups in total. The first-order valence-corrected chi connectivity index (χ1v) is 10.4. The second-order valence-electron chi connectivity index (χ2n) is 9.38. The van der Waals surface area contributed by atoms with Crippen LogP contribution in [-0.4, -0.2) is 0 Å². The molecule has 0 radical (unpaired) electrons. The summed E-state index contributed by atoms with van der Waals surface area (Å²) in [5.41, 5.74) is 9.61. The Balaban J connectivity index is 0.000000483. The zero-order valence-corrected chi connectivity index (χ0v) is 22.8. The van der Waals surface area contributed by atoms with E-state index in [1.54, 1.807) is 0 Å². The van der Waals surface area contributed by atoms with Gasteiger partial charge in [0.1, 0.15) is 0 Å². The minimum absolute atomic E-state index is 0. The minimum Gasteiger partial charge on any atom is -0.210 e. The first-order chi connectivity index (χ1) is 12.0. The molecule has 2 rings (SSSR count). The van der Waals surface area contributed by atoms with Crippen LogP contribution < -0.4 is 0 Å². The first kappa shape index (κ1) is 26.3. The second-order valence-corrected chi connectivity index (χ2v) is 9.38. The van der Waals surface area contributed by atoms with Crippen molar-refractivity contribution in [2.75, 3.05) is 0 Å². The van der Waals surface area contributed by atoms with Crippen molar-refractivity contribution in [3.63, 3.8) is 0 Å². The molecule has 0 aromatic heterocycles. The number of rotatable bonds is 6. The Bertz CT molecular complexity index is 619. The fourth-order valence-corrected chi connectivity index (χ4v) is 4.33. The zero-order chi connectivity index (χ0) is 20.1. The third kappa shape index (κ3) is 6.71. The molecule has 0 amide bonds. The average Bonchev–Trinajstić information content (AvgIpc) is 3.04. The Hall–Kier alpha value is -0.677. The summed E-state index contributed by atoms with van der Waals surface area (Å²) < 4.78 is 0. The average molecular weight is 420 g/mol. The monoisotopic (exact) mass is 418 g/mol. The topological polar surface area (TPSA) is 0 Å². The predicted molar refractivity (Wildman–Crippen MR) is 119 cm³/mol. The molecule has 0 aliphatic heterocycles. The van der Waals surface area contributed by atoms with Crippen LogP contribution in [0.25, 0.3) is 0 Å². The summed E-state index contributed by atoms with van der Waals surface area (Å²) in [6.45, 7) is 22.8. The maximum atomic E-state index is 2.35. The van der Waals surface area contributed by atoms with E-state index in [1.807, 2.05) is 0 Å². The van der Waals surface area contributed by atoms with Gasteiger partial charge < -0.3 is 0 Å². The molecule has 2 aromatic rings. The van der Waals surface area contributed by atoms with Crippen molar-refractivity contribution in [2.24, 2.45) is 0 Å². The van der Waals surface area contributed by atoms with E-state index in [0.717, 1.165) is 0 Å². The van der Waals surface area contributed by atoms with Gasteiger partial charge in [-0.05, 0) is 0 Å². The van der Waals surface area contributed by atoms with Gasteiger partial charge in [0.25, 0.3) is 0 Å². The third-order valence-corrected chi connectivity index (χ3v) is 6.20. The van der Waals surface area contributed by atoms with Crippen LogP contribution in [0.4, 0.5) is 0 Å². The van der Waals surface area contributed by atoms with Gasteiger partial charge >= 0.3 is 19.5 Å². The van der Waals surface area contributed by atoms with Gasteiger partial charge in [-0.3, -0.25) is 0 Å². The predicted octanol–water partition coefficient (Wildman–Crippen LogP) is 8.20. The van der Waals surface area contributed by atoms with E-state index < -0.39 is 0 Å². The van der Waals surface area contributed by atoms with Crippen molar-refractivity contribution in [1.82, 2.24) is 0 Å². The molecule has 0 unspecified atom stereocenters. The van der Waals surface area contributed by atoms with Gasteiger partial charge in [0.15, 0.2) is 0 Å². The summed E-state index contributed by atoms with van der Waals surface area (Å²) in [7, 11) is 0. The van der Waals surface area contributed by atoms with Gasteiger partial charge in [-0.2, -0.15) is 45.5 Å². The number of hydrogen-bond acceptors (Lipinski definition) is 0. The Morgan fingerprint density at radius 2 is 1.00 bits per heavy atom. The van der Waals surface area contributed by atoms with E-state index in [9.17, 15) is 0 Å².